The van der Waals surface area contributed by atoms with Crippen molar-refractivity contribution >= 4 is 52.0 Å². The summed E-state index contributed by atoms with van der Waals surface area (Å²) in [5.41, 5.74) is 3.17. The molecule has 1 N–H and O–H groups in total. The SMILES string of the molecule is CSc1sc(C(=O)O)c(C)c1-c1nc(-c2cccnc2Cl)cs1. The lowest BCUT2D eigenvalue weighted by molar-refractivity contribution is 0.0701. The molecule has 0 saturated carbocycles. The molecule has 0 spiro atoms. The molecule has 0 bridgehead atoms. The Bertz CT molecular complexity index is 889. The van der Waals surface area contributed by atoms with E-state index in [-0.39, 0.29) is 0 Å². The topological polar surface area (TPSA) is 63.1 Å². The molecule has 4 nitrogen and oxygen atoms in total. The molecule has 3 heterocycles. The number of hydrogen-bond donors (Lipinski definition) is 1. The van der Waals surface area contributed by atoms with E-state index in [0.717, 1.165) is 31.6 Å². The van der Waals surface area contributed by atoms with Crippen molar-refractivity contribution in [2.24, 2.45) is 0 Å². The number of hydrogen-bond acceptors (Lipinski definition) is 6. The van der Waals surface area contributed by atoms with Gasteiger partial charge in [-0.05, 0) is 30.9 Å². The highest BCUT2D eigenvalue weighted by atomic mass is 35.5. The Balaban J connectivity index is 2.11. The first-order chi connectivity index (χ1) is 11.0. The van der Waals surface area contributed by atoms with Gasteiger partial charge in [0.05, 0.1) is 9.90 Å². The molecule has 0 amide bonds. The number of pyridine rings is 1. The van der Waals surface area contributed by atoms with E-state index in [0.29, 0.717) is 10.0 Å². The van der Waals surface area contributed by atoms with Crippen LogP contribution in [0.1, 0.15) is 15.2 Å². The number of thiophene rings is 1. The molecule has 3 rings (SSSR count). The lowest BCUT2D eigenvalue weighted by Gasteiger charge is -2.00. The third-order valence-corrected chi connectivity index (χ3v) is 6.81. The molecule has 23 heavy (non-hydrogen) atoms. The van der Waals surface area contributed by atoms with Gasteiger partial charge in [0.1, 0.15) is 15.0 Å². The molecular weight excluding hydrogens is 372 g/mol. The first-order valence-corrected chi connectivity index (χ1v) is 9.80. The van der Waals surface area contributed by atoms with Gasteiger partial charge in [-0.15, -0.1) is 34.4 Å². The minimum absolute atomic E-state index is 0.362. The molecule has 0 aromatic carbocycles. The Morgan fingerprint density at radius 2 is 2.22 bits per heavy atom. The molecule has 118 valence electrons. The van der Waals surface area contributed by atoms with Crippen LogP contribution in [0.15, 0.2) is 27.9 Å². The van der Waals surface area contributed by atoms with Gasteiger partial charge in [-0.3, -0.25) is 0 Å². The standard InChI is InChI=1S/C15H11ClN2O2S3/c1-7-10(15(21-2)23-11(7)14(19)20)13-18-9(6-22-13)8-4-3-5-17-12(8)16/h3-6H,1-2H3,(H,19,20). The Labute approximate surface area is 150 Å². The molecule has 0 unspecified atom stereocenters. The predicted octanol–water partition coefficient (Wildman–Crippen LogP) is 5.32. The number of aromatic carboxylic acids is 1. The van der Waals surface area contributed by atoms with Crippen LogP contribution in [0, 0.1) is 6.92 Å². The lowest BCUT2D eigenvalue weighted by atomic mass is 10.2. The molecule has 8 heteroatoms. The largest absolute Gasteiger partial charge is 0.477 e. The third kappa shape index (κ3) is 3.01. The highest BCUT2D eigenvalue weighted by Crippen LogP contribution is 2.43. The van der Waals surface area contributed by atoms with Gasteiger partial charge in [0.15, 0.2) is 0 Å². The average Bonchev–Trinajstić information content (AvgIpc) is 3.11. The minimum atomic E-state index is -0.902. The number of carboxylic acids is 1. The van der Waals surface area contributed by atoms with Crippen molar-refractivity contribution < 1.29 is 9.90 Å². The number of carboxylic acid groups (broad SMARTS) is 1. The molecule has 0 saturated heterocycles. The number of halogens is 1. The van der Waals surface area contributed by atoms with E-state index < -0.39 is 5.97 Å². The molecule has 3 aromatic rings. The maximum atomic E-state index is 11.4. The van der Waals surface area contributed by atoms with E-state index >= 15 is 0 Å². The summed E-state index contributed by atoms with van der Waals surface area (Å²) < 4.78 is 0.957. The van der Waals surface area contributed by atoms with Gasteiger partial charge in [0.25, 0.3) is 0 Å². The first-order valence-electron chi connectivity index (χ1n) is 6.50. The number of thioether (sulfide) groups is 1. The van der Waals surface area contributed by atoms with Crippen molar-refractivity contribution in [1.29, 1.82) is 0 Å². The molecule has 0 radical (unpaired) electrons. The Morgan fingerprint density at radius 1 is 1.43 bits per heavy atom. The fraction of sp³-hybridized carbons (Fsp3) is 0.133. The number of rotatable bonds is 4. The molecule has 0 aliphatic heterocycles. The van der Waals surface area contributed by atoms with Crippen LogP contribution in [0.4, 0.5) is 0 Å². The van der Waals surface area contributed by atoms with E-state index in [1.165, 1.54) is 34.4 Å². The van der Waals surface area contributed by atoms with Gasteiger partial charge in [0.2, 0.25) is 0 Å². The van der Waals surface area contributed by atoms with Crippen LogP contribution in [0.2, 0.25) is 5.15 Å². The zero-order valence-corrected chi connectivity index (χ0v) is 15.4. The zero-order chi connectivity index (χ0) is 16.6. The van der Waals surface area contributed by atoms with Crippen LogP contribution in [0.3, 0.4) is 0 Å². The quantitative estimate of drug-likeness (QED) is 0.489. The molecule has 3 aromatic heterocycles. The average molecular weight is 383 g/mol. The smallest absolute Gasteiger partial charge is 0.346 e. The zero-order valence-electron chi connectivity index (χ0n) is 12.2. The van der Waals surface area contributed by atoms with E-state index in [9.17, 15) is 9.90 Å². The number of carbonyl (C=O) groups is 1. The summed E-state index contributed by atoms with van der Waals surface area (Å²) in [4.78, 5) is 20.4. The Hall–Kier alpha value is -1.41. The van der Waals surface area contributed by atoms with Crippen molar-refractivity contribution in [3.63, 3.8) is 0 Å². The van der Waals surface area contributed by atoms with Crippen LogP contribution in [0.25, 0.3) is 21.8 Å². The monoisotopic (exact) mass is 382 g/mol. The van der Waals surface area contributed by atoms with Crippen LogP contribution in [-0.2, 0) is 0 Å². The lowest BCUT2D eigenvalue weighted by Crippen LogP contribution is -1.94. The van der Waals surface area contributed by atoms with Gasteiger partial charge < -0.3 is 5.11 Å². The summed E-state index contributed by atoms with van der Waals surface area (Å²) in [6.07, 6.45) is 3.57. The van der Waals surface area contributed by atoms with Gasteiger partial charge in [-0.25, -0.2) is 14.8 Å². The molecule has 0 aliphatic carbocycles. The van der Waals surface area contributed by atoms with Crippen LogP contribution in [0.5, 0.6) is 0 Å². The number of aromatic nitrogens is 2. The van der Waals surface area contributed by atoms with E-state index in [2.05, 4.69) is 9.97 Å². The second kappa shape index (κ2) is 6.60. The fourth-order valence-electron chi connectivity index (χ4n) is 2.17. The van der Waals surface area contributed by atoms with Crippen molar-refractivity contribution in [1.82, 2.24) is 9.97 Å². The van der Waals surface area contributed by atoms with Crippen LogP contribution in [-0.4, -0.2) is 27.3 Å². The predicted molar refractivity (Wildman–Crippen MR) is 97.1 cm³/mol. The number of nitrogens with zero attached hydrogens (tertiary/aromatic N) is 2. The van der Waals surface area contributed by atoms with Gasteiger partial charge in [-0.2, -0.15) is 0 Å². The van der Waals surface area contributed by atoms with Crippen LogP contribution >= 0.6 is 46.0 Å². The summed E-state index contributed by atoms with van der Waals surface area (Å²) in [6, 6.07) is 3.68. The fourth-order valence-corrected chi connectivity index (χ4v) is 5.36. The summed E-state index contributed by atoms with van der Waals surface area (Å²) in [5, 5.41) is 12.4. The molecule has 0 atom stereocenters. The summed E-state index contributed by atoms with van der Waals surface area (Å²) in [7, 11) is 0. The second-order valence-electron chi connectivity index (χ2n) is 4.61. The normalized spacial score (nSPS) is 10.9. The van der Waals surface area contributed by atoms with Gasteiger partial charge in [0, 0.05) is 22.7 Å². The molecule has 0 aliphatic rings. The van der Waals surface area contributed by atoms with Crippen molar-refractivity contribution in [2.75, 3.05) is 6.26 Å². The van der Waals surface area contributed by atoms with Gasteiger partial charge in [-0.1, -0.05) is 11.6 Å². The summed E-state index contributed by atoms with van der Waals surface area (Å²) >= 11 is 10.4. The van der Waals surface area contributed by atoms with Crippen LogP contribution < -0.4 is 0 Å². The third-order valence-electron chi connectivity index (χ3n) is 3.25. The maximum Gasteiger partial charge on any atom is 0.346 e. The van der Waals surface area contributed by atoms with Crippen molar-refractivity contribution in [3.8, 4) is 21.8 Å². The van der Waals surface area contributed by atoms with Crippen molar-refractivity contribution in [3.05, 3.63) is 39.3 Å². The van der Waals surface area contributed by atoms with E-state index in [1.54, 1.807) is 6.20 Å². The minimum Gasteiger partial charge on any atom is -0.477 e. The summed E-state index contributed by atoms with van der Waals surface area (Å²) in [5.74, 6) is -0.902. The highest BCUT2D eigenvalue weighted by molar-refractivity contribution is 8.00. The molecular formula is C15H11ClN2O2S3. The van der Waals surface area contributed by atoms with E-state index in [4.69, 9.17) is 11.6 Å². The van der Waals surface area contributed by atoms with E-state index in [1.807, 2.05) is 30.7 Å². The number of thiazole rings is 1. The highest BCUT2D eigenvalue weighted by Gasteiger charge is 2.22. The second-order valence-corrected chi connectivity index (χ2v) is 7.92. The van der Waals surface area contributed by atoms with Gasteiger partial charge >= 0.3 is 5.97 Å². The summed E-state index contributed by atoms with van der Waals surface area (Å²) in [6.45, 7) is 1.83. The maximum absolute atomic E-state index is 11.4. The molecule has 0 fully saturated rings. The first kappa shape index (κ1) is 16.4. The Morgan fingerprint density at radius 3 is 2.87 bits per heavy atom. The Kier molecular flexibility index (Phi) is 4.72. The van der Waals surface area contributed by atoms with Crippen molar-refractivity contribution in [2.45, 2.75) is 11.1 Å².